The van der Waals surface area contributed by atoms with E-state index in [2.05, 4.69) is 53.6 Å². The molecule has 1 saturated heterocycles. The normalized spacial score (nSPS) is 15.6. The molecule has 1 aromatic carbocycles. The van der Waals surface area contributed by atoms with Gasteiger partial charge in [-0.15, -0.1) is 0 Å². The van der Waals surface area contributed by atoms with Crippen LogP contribution in [0.25, 0.3) is 0 Å². The third kappa shape index (κ3) is 7.16. The van der Waals surface area contributed by atoms with Crippen LogP contribution in [0.4, 0.5) is 0 Å². The highest BCUT2D eigenvalue weighted by atomic mass is 16.2. The van der Waals surface area contributed by atoms with E-state index in [0.717, 1.165) is 51.7 Å². The summed E-state index contributed by atoms with van der Waals surface area (Å²) in [5.74, 6) is 0.229. The van der Waals surface area contributed by atoms with Crippen molar-refractivity contribution in [1.82, 2.24) is 15.5 Å². The van der Waals surface area contributed by atoms with Gasteiger partial charge in [0.15, 0.2) is 0 Å². The van der Waals surface area contributed by atoms with Crippen LogP contribution >= 0.6 is 0 Å². The number of hydrogen-bond acceptors (Lipinski definition) is 3. The molecule has 0 atom stereocenters. The van der Waals surface area contributed by atoms with Crippen molar-refractivity contribution < 1.29 is 9.59 Å². The highest BCUT2D eigenvalue weighted by Crippen LogP contribution is 2.11. The summed E-state index contributed by atoms with van der Waals surface area (Å²) >= 11 is 0. The Hall–Kier alpha value is -1.88. The first kappa shape index (κ1) is 20.4. The SMILES string of the molecule is CCCNC(=O)CN1CCC(NC(=O)CCc2ccc(CC)cc2)CC1. The first-order chi connectivity index (χ1) is 12.6. The maximum atomic E-state index is 12.2. The van der Waals surface area contributed by atoms with Crippen LogP contribution < -0.4 is 10.6 Å². The van der Waals surface area contributed by atoms with Gasteiger partial charge in [0.25, 0.3) is 0 Å². The molecule has 1 aromatic rings. The van der Waals surface area contributed by atoms with Gasteiger partial charge in [0, 0.05) is 32.1 Å². The minimum absolute atomic E-state index is 0.100. The quantitative estimate of drug-likeness (QED) is 0.711. The number of amides is 2. The van der Waals surface area contributed by atoms with Crippen molar-refractivity contribution in [2.24, 2.45) is 0 Å². The van der Waals surface area contributed by atoms with E-state index in [9.17, 15) is 9.59 Å². The number of aryl methyl sites for hydroxylation is 2. The minimum Gasteiger partial charge on any atom is -0.355 e. The first-order valence-electron chi connectivity index (χ1n) is 9.97. The molecule has 0 spiro atoms. The number of hydrogen-bond donors (Lipinski definition) is 2. The molecule has 2 amide bonds. The maximum absolute atomic E-state index is 12.2. The Balaban J connectivity index is 1.63. The predicted molar refractivity (Wildman–Crippen MR) is 105 cm³/mol. The van der Waals surface area contributed by atoms with Gasteiger partial charge in [-0.1, -0.05) is 38.1 Å². The largest absolute Gasteiger partial charge is 0.355 e. The van der Waals surface area contributed by atoms with Crippen LogP contribution in [-0.2, 0) is 22.4 Å². The van der Waals surface area contributed by atoms with Gasteiger partial charge in [0.2, 0.25) is 11.8 Å². The lowest BCUT2D eigenvalue weighted by atomic mass is 10.0. The lowest BCUT2D eigenvalue weighted by molar-refractivity contribution is -0.124. The van der Waals surface area contributed by atoms with Gasteiger partial charge in [0.1, 0.15) is 0 Å². The molecule has 1 fully saturated rings. The molecule has 0 unspecified atom stereocenters. The van der Waals surface area contributed by atoms with Gasteiger partial charge in [-0.3, -0.25) is 14.5 Å². The van der Waals surface area contributed by atoms with Crippen molar-refractivity contribution in [3.8, 4) is 0 Å². The molecule has 0 radical (unpaired) electrons. The minimum atomic E-state index is 0.100. The first-order valence-corrected chi connectivity index (χ1v) is 9.97. The molecule has 0 saturated carbocycles. The van der Waals surface area contributed by atoms with E-state index in [0.29, 0.717) is 13.0 Å². The number of nitrogens with zero attached hydrogens (tertiary/aromatic N) is 1. The summed E-state index contributed by atoms with van der Waals surface area (Å²) in [5.41, 5.74) is 2.54. The summed E-state index contributed by atoms with van der Waals surface area (Å²) in [5, 5.41) is 6.07. The van der Waals surface area contributed by atoms with Crippen LogP contribution in [0.5, 0.6) is 0 Å². The van der Waals surface area contributed by atoms with Crippen LogP contribution in [0.1, 0.15) is 50.7 Å². The van der Waals surface area contributed by atoms with Gasteiger partial charge in [-0.05, 0) is 43.2 Å². The Morgan fingerprint density at radius 3 is 2.31 bits per heavy atom. The Morgan fingerprint density at radius 2 is 1.69 bits per heavy atom. The Bertz CT molecular complexity index is 563. The maximum Gasteiger partial charge on any atom is 0.234 e. The van der Waals surface area contributed by atoms with Crippen molar-refractivity contribution in [3.05, 3.63) is 35.4 Å². The smallest absolute Gasteiger partial charge is 0.234 e. The van der Waals surface area contributed by atoms with Crippen molar-refractivity contribution in [3.63, 3.8) is 0 Å². The van der Waals surface area contributed by atoms with E-state index in [1.54, 1.807) is 0 Å². The molecule has 26 heavy (non-hydrogen) atoms. The molecule has 1 heterocycles. The summed E-state index contributed by atoms with van der Waals surface area (Å²) in [4.78, 5) is 26.1. The van der Waals surface area contributed by atoms with Gasteiger partial charge in [-0.25, -0.2) is 0 Å². The topological polar surface area (TPSA) is 61.4 Å². The van der Waals surface area contributed by atoms with E-state index >= 15 is 0 Å². The third-order valence-electron chi connectivity index (χ3n) is 4.96. The zero-order valence-electron chi connectivity index (χ0n) is 16.2. The molecular formula is C21H33N3O2. The Kier molecular flexibility index (Phi) is 8.62. The fraction of sp³-hybridized carbons (Fsp3) is 0.619. The Labute approximate surface area is 157 Å². The van der Waals surface area contributed by atoms with Crippen LogP contribution in [0.15, 0.2) is 24.3 Å². The zero-order valence-corrected chi connectivity index (χ0v) is 16.2. The molecule has 1 aliphatic rings. The molecule has 2 N–H and O–H groups in total. The second-order valence-corrected chi connectivity index (χ2v) is 7.14. The number of benzene rings is 1. The third-order valence-corrected chi connectivity index (χ3v) is 4.96. The van der Waals surface area contributed by atoms with E-state index in [1.807, 2.05) is 0 Å². The fourth-order valence-corrected chi connectivity index (χ4v) is 3.26. The van der Waals surface area contributed by atoms with Crippen LogP contribution in [0, 0.1) is 0 Å². The lowest BCUT2D eigenvalue weighted by Crippen LogP contribution is -2.47. The summed E-state index contributed by atoms with van der Waals surface area (Å²) in [6, 6.07) is 8.75. The average molecular weight is 360 g/mol. The Morgan fingerprint density at radius 1 is 1.04 bits per heavy atom. The summed E-state index contributed by atoms with van der Waals surface area (Å²) < 4.78 is 0. The van der Waals surface area contributed by atoms with Crippen molar-refractivity contribution >= 4 is 11.8 Å². The van der Waals surface area contributed by atoms with E-state index in [-0.39, 0.29) is 17.9 Å². The molecule has 0 bridgehead atoms. The molecule has 2 rings (SSSR count). The highest BCUT2D eigenvalue weighted by molar-refractivity contribution is 5.78. The molecule has 1 aliphatic heterocycles. The number of carbonyl (C=O) groups is 2. The van der Waals surface area contributed by atoms with Crippen molar-refractivity contribution in [2.75, 3.05) is 26.2 Å². The molecule has 144 valence electrons. The van der Waals surface area contributed by atoms with Gasteiger partial charge in [-0.2, -0.15) is 0 Å². The zero-order chi connectivity index (χ0) is 18.8. The fourth-order valence-electron chi connectivity index (χ4n) is 3.26. The van der Waals surface area contributed by atoms with E-state index < -0.39 is 0 Å². The van der Waals surface area contributed by atoms with Crippen LogP contribution in [-0.4, -0.2) is 48.9 Å². The van der Waals surface area contributed by atoms with E-state index in [4.69, 9.17) is 0 Å². The highest BCUT2D eigenvalue weighted by Gasteiger charge is 2.21. The standard InChI is InChI=1S/C21H33N3O2/c1-3-13-22-21(26)16-24-14-11-19(12-15-24)23-20(25)10-9-18-7-5-17(4-2)6-8-18/h5-8,19H,3-4,9-16H2,1-2H3,(H,22,26)(H,23,25). The van der Waals surface area contributed by atoms with E-state index in [1.165, 1.54) is 11.1 Å². The van der Waals surface area contributed by atoms with Crippen LogP contribution in [0.3, 0.4) is 0 Å². The number of carbonyl (C=O) groups excluding carboxylic acids is 2. The molecular weight excluding hydrogens is 326 g/mol. The summed E-state index contributed by atoms with van der Waals surface area (Å²) in [7, 11) is 0. The molecule has 0 aliphatic carbocycles. The monoisotopic (exact) mass is 359 g/mol. The second-order valence-electron chi connectivity index (χ2n) is 7.14. The summed E-state index contributed by atoms with van der Waals surface area (Å²) in [6.45, 7) is 7.13. The van der Waals surface area contributed by atoms with Crippen molar-refractivity contribution in [1.29, 1.82) is 0 Å². The molecule has 5 nitrogen and oxygen atoms in total. The number of rotatable bonds is 9. The molecule has 0 aromatic heterocycles. The number of likely N-dealkylation sites (tertiary alicyclic amines) is 1. The predicted octanol–water partition coefficient (Wildman–Crippen LogP) is 2.29. The number of nitrogens with one attached hydrogen (secondary N) is 2. The summed E-state index contributed by atoms with van der Waals surface area (Å²) in [6.07, 6.45) is 5.15. The van der Waals surface area contributed by atoms with Gasteiger partial charge in [0.05, 0.1) is 6.54 Å². The average Bonchev–Trinajstić information content (AvgIpc) is 2.66. The van der Waals surface area contributed by atoms with Gasteiger partial charge >= 0.3 is 0 Å². The number of piperidine rings is 1. The van der Waals surface area contributed by atoms with Crippen LogP contribution in [0.2, 0.25) is 0 Å². The van der Waals surface area contributed by atoms with Crippen molar-refractivity contribution in [2.45, 2.75) is 58.4 Å². The second kappa shape index (κ2) is 11.0. The van der Waals surface area contributed by atoms with Gasteiger partial charge < -0.3 is 10.6 Å². The lowest BCUT2D eigenvalue weighted by Gasteiger charge is -2.31. The molecule has 5 heteroatoms.